The summed E-state index contributed by atoms with van der Waals surface area (Å²) in [5, 5.41) is 18.8. The molecule has 0 aromatic carbocycles. The zero-order chi connectivity index (χ0) is 12.4. The summed E-state index contributed by atoms with van der Waals surface area (Å²) >= 11 is 0. The minimum atomic E-state index is -0.585. The molecule has 0 aromatic rings. The van der Waals surface area contributed by atoms with Gasteiger partial charge in [-0.2, -0.15) is 0 Å². The van der Waals surface area contributed by atoms with Gasteiger partial charge in [0.1, 0.15) is 0 Å². The van der Waals surface area contributed by atoms with E-state index in [1.54, 1.807) is 6.92 Å². The molecule has 0 rings (SSSR count). The van der Waals surface area contributed by atoms with Crippen LogP contribution in [0.4, 0.5) is 0 Å². The minimum Gasteiger partial charge on any atom is -0.391 e. The van der Waals surface area contributed by atoms with Gasteiger partial charge in [0.15, 0.2) is 0 Å². The van der Waals surface area contributed by atoms with Gasteiger partial charge < -0.3 is 10.2 Å². The van der Waals surface area contributed by atoms with E-state index in [1.165, 1.54) is 38.5 Å². The highest BCUT2D eigenvalue weighted by Gasteiger charge is 2.14. The van der Waals surface area contributed by atoms with Gasteiger partial charge in [-0.25, -0.2) is 0 Å². The lowest BCUT2D eigenvalue weighted by Gasteiger charge is -2.19. The van der Waals surface area contributed by atoms with Crippen LogP contribution in [-0.2, 0) is 0 Å². The third kappa shape index (κ3) is 8.12. The van der Waals surface area contributed by atoms with E-state index >= 15 is 0 Å². The molecule has 2 atom stereocenters. The topological polar surface area (TPSA) is 40.5 Å². The highest BCUT2D eigenvalue weighted by Crippen LogP contribution is 2.22. The van der Waals surface area contributed by atoms with Crippen LogP contribution in [0.1, 0.15) is 72.1 Å². The third-order valence-electron chi connectivity index (χ3n) is 3.36. The predicted molar refractivity (Wildman–Crippen MR) is 69.5 cm³/mol. The SMILES string of the molecule is CCCCC(CCCC)CCC(O)C(C)O. The Bertz CT molecular complexity index is 138. The van der Waals surface area contributed by atoms with Gasteiger partial charge in [0.05, 0.1) is 12.2 Å². The fourth-order valence-corrected chi connectivity index (χ4v) is 2.07. The fraction of sp³-hybridized carbons (Fsp3) is 1.00. The molecule has 0 saturated carbocycles. The predicted octanol–water partition coefficient (Wildman–Crippen LogP) is 3.50. The Morgan fingerprint density at radius 2 is 1.31 bits per heavy atom. The van der Waals surface area contributed by atoms with Gasteiger partial charge in [0, 0.05) is 0 Å². The van der Waals surface area contributed by atoms with E-state index in [0.717, 1.165) is 18.8 Å². The van der Waals surface area contributed by atoms with E-state index in [2.05, 4.69) is 13.8 Å². The summed E-state index contributed by atoms with van der Waals surface area (Å²) in [6.07, 6.45) is 8.33. The zero-order valence-electron chi connectivity index (χ0n) is 11.3. The number of hydrogen-bond donors (Lipinski definition) is 2. The number of unbranched alkanes of at least 4 members (excludes halogenated alkanes) is 2. The lowest BCUT2D eigenvalue weighted by Crippen LogP contribution is -2.23. The smallest absolute Gasteiger partial charge is 0.0796 e. The first-order valence-corrected chi connectivity index (χ1v) is 6.97. The van der Waals surface area contributed by atoms with E-state index in [9.17, 15) is 10.2 Å². The van der Waals surface area contributed by atoms with Gasteiger partial charge in [-0.1, -0.05) is 52.4 Å². The number of hydrogen-bond acceptors (Lipinski definition) is 2. The Labute approximate surface area is 101 Å². The second kappa shape index (κ2) is 10.1. The molecule has 0 aliphatic heterocycles. The van der Waals surface area contributed by atoms with Crippen LogP contribution in [0.15, 0.2) is 0 Å². The standard InChI is InChI=1S/C14H30O2/c1-4-6-8-13(9-7-5-2)10-11-14(16)12(3)15/h12-16H,4-11H2,1-3H3. The van der Waals surface area contributed by atoms with Crippen LogP contribution in [0.5, 0.6) is 0 Å². The Kier molecular flexibility index (Phi) is 10.0. The van der Waals surface area contributed by atoms with Crippen LogP contribution < -0.4 is 0 Å². The molecule has 0 bridgehead atoms. The summed E-state index contributed by atoms with van der Waals surface area (Å²) in [5.41, 5.74) is 0. The van der Waals surface area contributed by atoms with Crippen molar-refractivity contribution in [3.8, 4) is 0 Å². The first-order chi connectivity index (χ1) is 7.61. The molecule has 0 spiro atoms. The molecule has 2 nitrogen and oxygen atoms in total. The van der Waals surface area contributed by atoms with Gasteiger partial charge in [0.2, 0.25) is 0 Å². The summed E-state index contributed by atoms with van der Waals surface area (Å²) < 4.78 is 0. The Hall–Kier alpha value is -0.0800. The number of rotatable bonds is 10. The van der Waals surface area contributed by atoms with Gasteiger partial charge in [0.25, 0.3) is 0 Å². The van der Waals surface area contributed by atoms with Crippen molar-refractivity contribution < 1.29 is 10.2 Å². The molecule has 0 aromatic heterocycles. The molecular weight excluding hydrogens is 200 g/mol. The number of aliphatic hydroxyl groups is 2. The van der Waals surface area contributed by atoms with Gasteiger partial charge in [-0.15, -0.1) is 0 Å². The van der Waals surface area contributed by atoms with Crippen molar-refractivity contribution in [2.75, 3.05) is 0 Å². The Morgan fingerprint density at radius 3 is 1.69 bits per heavy atom. The summed E-state index contributed by atoms with van der Waals surface area (Å²) in [6, 6.07) is 0. The summed E-state index contributed by atoms with van der Waals surface area (Å²) in [7, 11) is 0. The molecule has 0 amide bonds. The van der Waals surface area contributed by atoms with Crippen LogP contribution in [-0.4, -0.2) is 22.4 Å². The van der Waals surface area contributed by atoms with Crippen LogP contribution in [0.2, 0.25) is 0 Å². The fourth-order valence-electron chi connectivity index (χ4n) is 2.07. The van der Waals surface area contributed by atoms with Crippen LogP contribution in [0.3, 0.4) is 0 Å². The zero-order valence-corrected chi connectivity index (χ0v) is 11.3. The van der Waals surface area contributed by atoms with Crippen LogP contribution in [0.25, 0.3) is 0 Å². The molecule has 2 N–H and O–H groups in total. The van der Waals surface area contributed by atoms with E-state index in [0.29, 0.717) is 0 Å². The van der Waals surface area contributed by atoms with Crippen molar-refractivity contribution in [1.82, 2.24) is 0 Å². The molecule has 0 heterocycles. The molecule has 2 heteroatoms. The first kappa shape index (κ1) is 15.9. The van der Waals surface area contributed by atoms with E-state index in [1.807, 2.05) is 0 Å². The summed E-state index contributed by atoms with van der Waals surface area (Å²) in [4.78, 5) is 0. The maximum Gasteiger partial charge on any atom is 0.0796 e. The average molecular weight is 230 g/mol. The lowest BCUT2D eigenvalue weighted by atomic mass is 9.90. The Balaban J connectivity index is 3.80. The van der Waals surface area contributed by atoms with Gasteiger partial charge in [-0.3, -0.25) is 0 Å². The van der Waals surface area contributed by atoms with Crippen LogP contribution >= 0.6 is 0 Å². The average Bonchev–Trinajstić information content (AvgIpc) is 2.27. The third-order valence-corrected chi connectivity index (χ3v) is 3.36. The first-order valence-electron chi connectivity index (χ1n) is 6.97. The maximum atomic E-state index is 9.58. The van der Waals surface area contributed by atoms with Crippen molar-refractivity contribution in [2.24, 2.45) is 5.92 Å². The summed E-state index contributed by atoms with van der Waals surface area (Å²) in [5.74, 6) is 0.744. The largest absolute Gasteiger partial charge is 0.391 e. The second-order valence-electron chi connectivity index (χ2n) is 5.04. The molecule has 0 radical (unpaired) electrons. The molecule has 0 fully saturated rings. The van der Waals surface area contributed by atoms with E-state index < -0.39 is 12.2 Å². The monoisotopic (exact) mass is 230 g/mol. The lowest BCUT2D eigenvalue weighted by molar-refractivity contribution is 0.0218. The normalized spacial score (nSPS) is 15.4. The van der Waals surface area contributed by atoms with E-state index in [-0.39, 0.29) is 0 Å². The molecule has 0 saturated heterocycles. The second-order valence-corrected chi connectivity index (χ2v) is 5.04. The minimum absolute atomic E-state index is 0.536. The van der Waals surface area contributed by atoms with Crippen molar-refractivity contribution in [2.45, 2.75) is 84.3 Å². The Morgan fingerprint density at radius 1 is 0.812 bits per heavy atom. The summed E-state index contributed by atoms with van der Waals surface area (Å²) in [6.45, 7) is 6.11. The molecule has 0 aliphatic carbocycles. The molecule has 98 valence electrons. The number of aliphatic hydroxyl groups excluding tert-OH is 2. The molecular formula is C14H30O2. The highest BCUT2D eigenvalue weighted by atomic mass is 16.3. The highest BCUT2D eigenvalue weighted by molar-refractivity contribution is 4.67. The van der Waals surface area contributed by atoms with Crippen molar-refractivity contribution >= 4 is 0 Å². The van der Waals surface area contributed by atoms with Crippen LogP contribution in [0, 0.1) is 5.92 Å². The molecule has 16 heavy (non-hydrogen) atoms. The molecule has 0 aliphatic rings. The molecule has 2 unspecified atom stereocenters. The van der Waals surface area contributed by atoms with Crippen molar-refractivity contribution in [3.63, 3.8) is 0 Å². The van der Waals surface area contributed by atoms with E-state index in [4.69, 9.17) is 0 Å². The van der Waals surface area contributed by atoms with Gasteiger partial charge >= 0.3 is 0 Å². The quantitative estimate of drug-likeness (QED) is 0.603. The van der Waals surface area contributed by atoms with Gasteiger partial charge in [-0.05, 0) is 25.7 Å². The maximum absolute atomic E-state index is 9.58. The van der Waals surface area contributed by atoms with Crippen molar-refractivity contribution in [3.05, 3.63) is 0 Å². The van der Waals surface area contributed by atoms with Crippen molar-refractivity contribution in [1.29, 1.82) is 0 Å².